The number of carbonyl (C=O) groups is 1. The van der Waals surface area contributed by atoms with Gasteiger partial charge in [-0.15, -0.1) is 0 Å². The van der Waals surface area contributed by atoms with Crippen LogP contribution in [0.1, 0.15) is 19.3 Å². The van der Waals surface area contributed by atoms with Crippen molar-refractivity contribution in [1.29, 1.82) is 0 Å². The van der Waals surface area contributed by atoms with Gasteiger partial charge in [-0.1, -0.05) is 0 Å². The maximum absolute atomic E-state index is 11.6. The van der Waals surface area contributed by atoms with Crippen molar-refractivity contribution in [1.82, 2.24) is 0 Å². The number of carbonyl (C=O) groups excluding carboxylic acids is 1. The average Bonchev–Trinajstić information content (AvgIpc) is 2.30. The van der Waals surface area contributed by atoms with E-state index in [9.17, 15) is 4.79 Å². The molecule has 4 heteroatoms. The maximum atomic E-state index is 11.6. The summed E-state index contributed by atoms with van der Waals surface area (Å²) >= 11 is 0. The zero-order valence-electron chi connectivity index (χ0n) is 9.37. The van der Waals surface area contributed by atoms with E-state index in [0.29, 0.717) is 32.8 Å². The molecule has 1 saturated heterocycles. The van der Waals surface area contributed by atoms with Gasteiger partial charge in [0.2, 0.25) is 0 Å². The van der Waals surface area contributed by atoms with Gasteiger partial charge in [-0.2, -0.15) is 0 Å². The second kappa shape index (κ2) is 7.79. The number of ketones is 1. The Bertz CT molecular complexity index is 175. The van der Waals surface area contributed by atoms with Crippen molar-refractivity contribution in [2.75, 3.05) is 40.1 Å². The third-order valence-corrected chi connectivity index (χ3v) is 2.54. The molecule has 1 unspecified atom stereocenters. The van der Waals surface area contributed by atoms with Gasteiger partial charge in [0.1, 0.15) is 5.78 Å². The van der Waals surface area contributed by atoms with E-state index in [-0.39, 0.29) is 11.7 Å². The van der Waals surface area contributed by atoms with E-state index in [4.69, 9.17) is 14.2 Å². The molecule has 1 fully saturated rings. The summed E-state index contributed by atoms with van der Waals surface area (Å²) in [7, 11) is 1.63. The Kier molecular flexibility index (Phi) is 6.55. The lowest BCUT2D eigenvalue weighted by molar-refractivity contribution is -0.128. The molecule has 1 atom stereocenters. The molecule has 0 bridgehead atoms. The molecule has 0 N–H and O–H groups in total. The molecule has 0 aromatic rings. The normalized spacial score (nSPS) is 21.5. The van der Waals surface area contributed by atoms with E-state index in [2.05, 4.69) is 0 Å². The Morgan fingerprint density at radius 3 is 2.93 bits per heavy atom. The first kappa shape index (κ1) is 12.6. The lowest BCUT2D eigenvalue weighted by Gasteiger charge is -2.20. The van der Waals surface area contributed by atoms with Gasteiger partial charge in [-0.05, 0) is 12.8 Å². The Balaban J connectivity index is 2.02. The van der Waals surface area contributed by atoms with Crippen molar-refractivity contribution in [3.05, 3.63) is 0 Å². The largest absolute Gasteiger partial charge is 0.382 e. The summed E-state index contributed by atoms with van der Waals surface area (Å²) < 4.78 is 15.4. The van der Waals surface area contributed by atoms with Crippen LogP contribution < -0.4 is 0 Å². The molecule has 1 aliphatic heterocycles. The SMILES string of the molecule is COCCOCCC(=O)C1CCCOC1. The Morgan fingerprint density at radius 2 is 2.27 bits per heavy atom. The van der Waals surface area contributed by atoms with Crippen LogP contribution in [0, 0.1) is 5.92 Å². The Morgan fingerprint density at radius 1 is 1.40 bits per heavy atom. The van der Waals surface area contributed by atoms with Crippen molar-refractivity contribution in [2.24, 2.45) is 5.92 Å². The van der Waals surface area contributed by atoms with E-state index >= 15 is 0 Å². The first-order valence-corrected chi connectivity index (χ1v) is 5.51. The summed E-state index contributed by atoms with van der Waals surface area (Å²) in [6.45, 7) is 3.04. The molecule has 0 aromatic carbocycles. The summed E-state index contributed by atoms with van der Waals surface area (Å²) in [5.74, 6) is 0.372. The summed E-state index contributed by atoms with van der Waals surface area (Å²) in [5, 5.41) is 0. The van der Waals surface area contributed by atoms with Crippen molar-refractivity contribution in [3.8, 4) is 0 Å². The van der Waals surface area contributed by atoms with Gasteiger partial charge >= 0.3 is 0 Å². The molecule has 0 radical (unpaired) electrons. The zero-order valence-corrected chi connectivity index (χ0v) is 9.37. The number of hydrogen-bond acceptors (Lipinski definition) is 4. The highest BCUT2D eigenvalue weighted by Gasteiger charge is 2.20. The molecule has 88 valence electrons. The number of Topliss-reactive ketones (excluding diaryl/α,β-unsaturated/α-hetero) is 1. The van der Waals surface area contributed by atoms with Crippen LogP contribution in [-0.4, -0.2) is 45.9 Å². The topological polar surface area (TPSA) is 44.8 Å². The first-order chi connectivity index (χ1) is 7.34. The van der Waals surface area contributed by atoms with Gasteiger partial charge in [0, 0.05) is 26.1 Å². The number of methoxy groups -OCH3 is 1. The fraction of sp³-hybridized carbons (Fsp3) is 0.909. The van der Waals surface area contributed by atoms with Crippen molar-refractivity contribution >= 4 is 5.78 Å². The number of rotatable bonds is 7. The minimum absolute atomic E-state index is 0.102. The van der Waals surface area contributed by atoms with Crippen LogP contribution in [0.2, 0.25) is 0 Å². The number of ether oxygens (including phenoxy) is 3. The molecule has 0 spiro atoms. The first-order valence-electron chi connectivity index (χ1n) is 5.51. The minimum Gasteiger partial charge on any atom is -0.382 e. The summed E-state index contributed by atoms with van der Waals surface area (Å²) in [5.41, 5.74) is 0. The molecule has 1 rings (SSSR count). The Labute approximate surface area is 90.9 Å². The van der Waals surface area contributed by atoms with E-state index in [1.54, 1.807) is 7.11 Å². The molecular weight excluding hydrogens is 196 g/mol. The molecule has 0 saturated carbocycles. The lowest BCUT2D eigenvalue weighted by atomic mass is 9.96. The molecular formula is C11H20O4. The van der Waals surface area contributed by atoms with Crippen LogP contribution >= 0.6 is 0 Å². The highest BCUT2D eigenvalue weighted by atomic mass is 16.5. The van der Waals surface area contributed by atoms with Gasteiger partial charge in [0.05, 0.1) is 26.4 Å². The fourth-order valence-corrected chi connectivity index (χ4v) is 1.62. The van der Waals surface area contributed by atoms with Crippen molar-refractivity contribution in [2.45, 2.75) is 19.3 Å². The van der Waals surface area contributed by atoms with E-state index in [1.807, 2.05) is 0 Å². The van der Waals surface area contributed by atoms with Crippen LogP contribution in [0.5, 0.6) is 0 Å². The molecule has 15 heavy (non-hydrogen) atoms. The van der Waals surface area contributed by atoms with E-state index < -0.39 is 0 Å². The van der Waals surface area contributed by atoms with Crippen LogP contribution in [-0.2, 0) is 19.0 Å². The fourth-order valence-electron chi connectivity index (χ4n) is 1.62. The van der Waals surface area contributed by atoms with Gasteiger partial charge in [-0.3, -0.25) is 4.79 Å². The highest BCUT2D eigenvalue weighted by molar-refractivity contribution is 5.81. The molecule has 1 heterocycles. The highest BCUT2D eigenvalue weighted by Crippen LogP contribution is 2.15. The summed E-state index contributed by atoms with van der Waals surface area (Å²) in [6, 6.07) is 0. The zero-order chi connectivity index (χ0) is 10.9. The Hall–Kier alpha value is -0.450. The maximum Gasteiger partial charge on any atom is 0.140 e. The molecule has 1 aliphatic rings. The predicted molar refractivity (Wildman–Crippen MR) is 55.9 cm³/mol. The monoisotopic (exact) mass is 216 g/mol. The van der Waals surface area contributed by atoms with Crippen molar-refractivity contribution < 1.29 is 19.0 Å². The van der Waals surface area contributed by atoms with Crippen LogP contribution in [0.15, 0.2) is 0 Å². The summed E-state index contributed by atoms with van der Waals surface area (Å²) in [4.78, 5) is 11.6. The molecule has 4 nitrogen and oxygen atoms in total. The second-order valence-corrected chi connectivity index (χ2v) is 3.74. The van der Waals surface area contributed by atoms with Crippen LogP contribution in [0.25, 0.3) is 0 Å². The standard InChI is InChI=1S/C11H20O4/c1-13-7-8-14-6-4-11(12)10-3-2-5-15-9-10/h10H,2-9H2,1H3. The van der Waals surface area contributed by atoms with E-state index in [1.165, 1.54) is 0 Å². The van der Waals surface area contributed by atoms with Crippen LogP contribution in [0.3, 0.4) is 0 Å². The third kappa shape index (κ3) is 5.25. The third-order valence-electron chi connectivity index (χ3n) is 2.54. The van der Waals surface area contributed by atoms with Gasteiger partial charge in [0.25, 0.3) is 0 Å². The van der Waals surface area contributed by atoms with Gasteiger partial charge in [0.15, 0.2) is 0 Å². The molecule has 0 aromatic heterocycles. The minimum atomic E-state index is 0.102. The second-order valence-electron chi connectivity index (χ2n) is 3.74. The van der Waals surface area contributed by atoms with Crippen LogP contribution in [0.4, 0.5) is 0 Å². The lowest BCUT2D eigenvalue weighted by Crippen LogP contribution is -2.26. The molecule has 0 aliphatic carbocycles. The smallest absolute Gasteiger partial charge is 0.140 e. The van der Waals surface area contributed by atoms with Gasteiger partial charge in [-0.25, -0.2) is 0 Å². The van der Waals surface area contributed by atoms with Crippen molar-refractivity contribution in [3.63, 3.8) is 0 Å². The molecule has 0 amide bonds. The van der Waals surface area contributed by atoms with E-state index in [0.717, 1.165) is 19.4 Å². The predicted octanol–water partition coefficient (Wildman–Crippen LogP) is 1.04. The average molecular weight is 216 g/mol. The summed E-state index contributed by atoms with van der Waals surface area (Å²) in [6.07, 6.45) is 2.47. The van der Waals surface area contributed by atoms with Gasteiger partial charge < -0.3 is 14.2 Å². The quantitative estimate of drug-likeness (QED) is 0.596. The number of hydrogen-bond donors (Lipinski definition) is 0.